The molecule has 2 aliphatic heterocycles. The fraction of sp³-hybridized carbons (Fsp3) is 0.524. The number of imidazole rings is 2. The van der Waals surface area contributed by atoms with E-state index in [1.807, 2.05) is 0 Å². The standard InChI is InChI=1S/C21H24FN10O8PS2/c22-14-12(31-7-26-11-4-24-6-25-17(11)31)1-9-3-28-43(35,36)40-13-2-10(5-37-41(34,42)39-16(9)14)38-20(13)32-8-27-15-18(32)29-21(23)30-19(15)33/h4,6-10,12-14,16,20,28H,1-3,5H2,(H,34,42)(H3,23,29,30,33)/t9-,10+,12-,13-,14+,16-,20-,41?/m1/s1. The van der Waals surface area contributed by atoms with Crippen LogP contribution in [0.1, 0.15) is 25.1 Å². The van der Waals surface area contributed by atoms with E-state index >= 15 is 4.39 Å². The number of nitrogens with one attached hydrogen (secondary N) is 2. The first-order valence-electron chi connectivity index (χ1n) is 13.0. The number of aromatic amines is 1. The van der Waals surface area contributed by atoms with Crippen molar-refractivity contribution in [3.05, 3.63) is 35.5 Å². The van der Waals surface area contributed by atoms with Crippen LogP contribution in [0.5, 0.6) is 0 Å². The molecule has 22 heteroatoms. The van der Waals surface area contributed by atoms with Crippen molar-refractivity contribution in [2.24, 2.45) is 5.92 Å². The molecule has 18 nitrogen and oxygen atoms in total. The zero-order valence-corrected chi connectivity index (χ0v) is 24.4. The Bertz CT molecular complexity index is 1920. The van der Waals surface area contributed by atoms with Crippen LogP contribution in [0.4, 0.5) is 10.3 Å². The van der Waals surface area contributed by atoms with Gasteiger partial charge in [-0.2, -0.15) is 18.1 Å². The summed E-state index contributed by atoms with van der Waals surface area (Å²) in [5, 5.41) is 0. The van der Waals surface area contributed by atoms with E-state index in [0.717, 1.165) is 0 Å². The molecule has 0 spiro atoms. The molecule has 1 unspecified atom stereocenters. The maximum atomic E-state index is 16.0. The highest BCUT2D eigenvalue weighted by Gasteiger charge is 2.50. The lowest BCUT2D eigenvalue weighted by atomic mass is 10.1. The second-order valence-corrected chi connectivity index (χ2v) is 14.5. The van der Waals surface area contributed by atoms with Crippen LogP contribution in [0.15, 0.2) is 30.0 Å². The Morgan fingerprint density at radius 3 is 2.84 bits per heavy atom. The van der Waals surface area contributed by atoms with Gasteiger partial charge in [-0.05, 0) is 18.2 Å². The number of nitrogens with zero attached hydrogens (tertiary/aromatic N) is 7. The smallest absolute Gasteiger partial charge is 0.336 e. The van der Waals surface area contributed by atoms with Gasteiger partial charge in [-0.15, -0.1) is 0 Å². The lowest BCUT2D eigenvalue weighted by Crippen LogP contribution is -2.38. The number of anilines is 1. The van der Waals surface area contributed by atoms with Crippen LogP contribution in [-0.4, -0.2) is 90.0 Å². The van der Waals surface area contributed by atoms with Crippen molar-refractivity contribution in [2.45, 2.75) is 49.6 Å². The molecule has 1 aliphatic carbocycles. The highest BCUT2D eigenvalue weighted by molar-refractivity contribution is 8.07. The third-order valence-corrected chi connectivity index (χ3v) is 10.2. The second-order valence-electron chi connectivity index (χ2n) is 10.3. The number of ether oxygens (including phenoxy) is 1. The highest BCUT2D eigenvalue weighted by Crippen LogP contribution is 2.52. The molecule has 43 heavy (non-hydrogen) atoms. The minimum atomic E-state index is -4.46. The fourth-order valence-electron chi connectivity index (χ4n) is 5.74. The molecule has 0 radical (unpaired) electrons. The van der Waals surface area contributed by atoms with Gasteiger partial charge in [-0.3, -0.25) is 14.3 Å². The van der Waals surface area contributed by atoms with Crippen LogP contribution < -0.4 is 16.0 Å². The van der Waals surface area contributed by atoms with Crippen LogP contribution in [0.25, 0.3) is 22.3 Å². The number of nitrogen functional groups attached to an aromatic ring is 1. The van der Waals surface area contributed by atoms with Gasteiger partial charge in [0.2, 0.25) is 5.95 Å². The van der Waals surface area contributed by atoms with Gasteiger partial charge in [0, 0.05) is 18.9 Å². The lowest BCUT2D eigenvalue weighted by Gasteiger charge is -2.27. The van der Waals surface area contributed by atoms with Crippen LogP contribution in [0.2, 0.25) is 0 Å². The zero-order valence-electron chi connectivity index (χ0n) is 21.8. The number of aromatic nitrogens is 8. The van der Waals surface area contributed by atoms with Gasteiger partial charge in [0.25, 0.3) is 5.56 Å². The van der Waals surface area contributed by atoms with Crippen molar-refractivity contribution in [3.63, 3.8) is 0 Å². The van der Waals surface area contributed by atoms with Crippen molar-refractivity contribution in [1.29, 1.82) is 0 Å². The molecule has 8 atom stereocenters. The number of H-pyrrole nitrogens is 1. The van der Waals surface area contributed by atoms with Gasteiger partial charge in [-0.1, -0.05) is 0 Å². The first-order chi connectivity index (χ1) is 20.5. The molecule has 0 aromatic carbocycles. The normalized spacial score (nSPS) is 34.9. The quantitative estimate of drug-likeness (QED) is 0.200. The summed E-state index contributed by atoms with van der Waals surface area (Å²) >= 11 is 5.22. The number of alkyl halides is 1. The topological polar surface area (TPSA) is 237 Å². The van der Waals surface area contributed by atoms with Gasteiger partial charge in [0.05, 0.1) is 37.6 Å². The van der Waals surface area contributed by atoms with Crippen LogP contribution in [-0.2, 0) is 40.1 Å². The summed E-state index contributed by atoms with van der Waals surface area (Å²) in [5.41, 5.74) is 5.91. The van der Waals surface area contributed by atoms with Gasteiger partial charge in [0.1, 0.15) is 30.2 Å². The Hall–Kier alpha value is -3.01. The highest BCUT2D eigenvalue weighted by atomic mass is 32.5. The Labute approximate surface area is 246 Å². The molecule has 3 fully saturated rings. The number of rotatable bonds is 2. The summed E-state index contributed by atoms with van der Waals surface area (Å²) in [4.78, 5) is 46.0. The monoisotopic (exact) mass is 658 g/mol. The molecule has 0 amide bonds. The predicted octanol–water partition coefficient (Wildman–Crippen LogP) is -0.420. The number of nitrogens with two attached hydrogens (primary N) is 1. The fourth-order valence-corrected chi connectivity index (χ4v) is 8.22. The largest absolute Gasteiger partial charge is 0.369 e. The number of hydrogen-bond acceptors (Lipinski definition) is 14. The van der Waals surface area contributed by atoms with E-state index in [2.05, 4.69) is 34.6 Å². The number of fused-ring (bicyclic) bond motifs is 5. The maximum absolute atomic E-state index is 16.0. The average molecular weight is 659 g/mol. The number of hydrogen-bond donors (Lipinski definition) is 4. The van der Waals surface area contributed by atoms with Crippen molar-refractivity contribution in [2.75, 3.05) is 18.9 Å². The van der Waals surface area contributed by atoms with E-state index in [1.54, 1.807) is 0 Å². The van der Waals surface area contributed by atoms with Crippen molar-refractivity contribution in [1.82, 2.24) is 43.8 Å². The predicted molar refractivity (Wildman–Crippen MR) is 148 cm³/mol. The molecule has 5 N–H and O–H groups in total. The third kappa shape index (κ3) is 5.34. The van der Waals surface area contributed by atoms with Crippen LogP contribution >= 0.6 is 6.72 Å². The molecular formula is C21H24FN10O8PS2. The van der Waals surface area contributed by atoms with Gasteiger partial charge < -0.3 is 29.0 Å². The average Bonchev–Trinajstić information content (AvgIpc) is 3.71. The summed E-state index contributed by atoms with van der Waals surface area (Å²) in [6.45, 7) is -4.70. The van der Waals surface area contributed by atoms with Gasteiger partial charge in [-0.25, -0.2) is 28.5 Å². The molecule has 7 rings (SSSR count). The first kappa shape index (κ1) is 28.7. The molecule has 4 aromatic rings. The lowest BCUT2D eigenvalue weighted by molar-refractivity contribution is -0.0441. The Morgan fingerprint density at radius 1 is 1.19 bits per heavy atom. The summed E-state index contributed by atoms with van der Waals surface area (Å²) in [6.07, 6.45) is -0.715. The van der Waals surface area contributed by atoms with E-state index < -0.39 is 65.3 Å². The van der Waals surface area contributed by atoms with E-state index in [1.165, 1.54) is 34.3 Å². The maximum Gasteiger partial charge on any atom is 0.336 e. The minimum Gasteiger partial charge on any atom is -0.369 e. The van der Waals surface area contributed by atoms with Gasteiger partial charge in [0.15, 0.2) is 23.0 Å². The van der Waals surface area contributed by atoms with Crippen molar-refractivity contribution >= 4 is 57.1 Å². The third-order valence-electron chi connectivity index (χ3n) is 7.61. The van der Waals surface area contributed by atoms with E-state index in [4.69, 9.17) is 35.5 Å². The minimum absolute atomic E-state index is 0.0323. The summed E-state index contributed by atoms with van der Waals surface area (Å²) in [7, 11) is -4.46. The summed E-state index contributed by atoms with van der Waals surface area (Å²) in [6, 6.07) is -0.871. The molecular weight excluding hydrogens is 634 g/mol. The van der Waals surface area contributed by atoms with Gasteiger partial charge >= 0.3 is 17.0 Å². The molecule has 4 aromatic heterocycles. The molecule has 6 heterocycles. The van der Waals surface area contributed by atoms with E-state index in [0.29, 0.717) is 11.2 Å². The molecule has 1 saturated carbocycles. The number of halogens is 1. The second kappa shape index (κ2) is 10.6. The van der Waals surface area contributed by atoms with Crippen molar-refractivity contribution < 1.29 is 35.7 Å². The molecule has 230 valence electrons. The van der Waals surface area contributed by atoms with Crippen molar-refractivity contribution in [3.8, 4) is 0 Å². The SMILES string of the molecule is Nc1nc2c(ncn2[C@@H]2O[C@@H]3COP(O)(=S)O[C@@H]4[C@@H](CNS(=O)(=O)O[C@@H]2C3)C[C@@H](n2cnc3cncnc32)[C@@H]4F)c(=O)[nH]1. The van der Waals surface area contributed by atoms with Crippen LogP contribution in [0, 0.1) is 5.92 Å². The first-order valence-corrected chi connectivity index (χ1v) is 17.0. The summed E-state index contributed by atoms with van der Waals surface area (Å²) in [5.74, 6) is -0.979. The van der Waals surface area contributed by atoms with E-state index in [-0.39, 0.29) is 43.1 Å². The van der Waals surface area contributed by atoms with Crippen LogP contribution in [0.3, 0.4) is 0 Å². The molecule has 3 aliphatic rings. The molecule has 2 saturated heterocycles. The molecule has 2 bridgehead atoms. The summed E-state index contributed by atoms with van der Waals surface area (Å²) < 4.78 is 70.3. The Balaban J connectivity index is 1.19. The Morgan fingerprint density at radius 2 is 2.00 bits per heavy atom. The Kier molecular flexibility index (Phi) is 7.06. The zero-order chi connectivity index (χ0) is 30.1. The van der Waals surface area contributed by atoms with E-state index in [9.17, 15) is 18.1 Å².